The van der Waals surface area contributed by atoms with Gasteiger partial charge in [-0.2, -0.15) is 5.10 Å². The minimum absolute atomic E-state index is 0.175. The van der Waals surface area contributed by atoms with Gasteiger partial charge in [0.25, 0.3) is 5.91 Å². The van der Waals surface area contributed by atoms with Gasteiger partial charge in [0.2, 0.25) is 11.0 Å². The van der Waals surface area contributed by atoms with Crippen molar-refractivity contribution in [2.45, 2.75) is 52.4 Å². The summed E-state index contributed by atoms with van der Waals surface area (Å²) in [4.78, 5) is 24.8. The third-order valence-corrected chi connectivity index (χ3v) is 5.68. The van der Waals surface area contributed by atoms with Crippen molar-refractivity contribution in [3.05, 3.63) is 33.8 Å². The van der Waals surface area contributed by atoms with Gasteiger partial charge in [0.05, 0.1) is 5.69 Å². The number of unbranched alkanes of at least 4 members (excludes halogenated alkanes) is 2. The second kappa shape index (κ2) is 9.25. The average Bonchev–Trinajstić information content (AvgIpc) is 3.12. The molecule has 28 heavy (non-hydrogen) atoms. The van der Waals surface area contributed by atoms with Gasteiger partial charge in [-0.15, -0.1) is 10.2 Å². The lowest BCUT2D eigenvalue weighted by Gasteiger charge is -2.23. The van der Waals surface area contributed by atoms with E-state index >= 15 is 0 Å². The number of anilines is 2. The number of aryl methyl sites for hydroxylation is 2. The van der Waals surface area contributed by atoms with E-state index < -0.39 is 0 Å². The first-order valence-electron chi connectivity index (χ1n) is 9.28. The van der Waals surface area contributed by atoms with Crippen LogP contribution in [0.5, 0.6) is 0 Å². The van der Waals surface area contributed by atoms with Crippen LogP contribution in [0.3, 0.4) is 0 Å². The van der Waals surface area contributed by atoms with Crippen LogP contribution in [0.4, 0.5) is 10.8 Å². The molecule has 0 unspecified atom stereocenters. The van der Waals surface area contributed by atoms with Crippen LogP contribution >= 0.6 is 22.9 Å². The van der Waals surface area contributed by atoms with Crippen LogP contribution in [0.15, 0.2) is 23.3 Å². The highest BCUT2D eigenvalue weighted by Crippen LogP contribution is 2.26. The highest BCUT2D eigenvalue weighted by Gasteiger charge is 2.26. The molecule has 0 saturated heterocycles. The Balaban J connectivity index is 1.70. The fraction of sp³-hybridized carbons (Fsp3) is 0.421. The molecule has 1 aromatic carbocycles. The highest BCUT2D eigenvalue weighted by molar-refractivity contribution is 7.15. The summed E-state index contributed by atoms with van der Waals surface area (Å²) < 4.78 is 0. The molecular formula is C19H22ClN5O2S. The second-order valence-corrected chi connectivity index (χ2v) is 8.07. The van der Waals surface area contributed by atoms with E-state index in [1.165, 1.54) is 16.3 Å². The lowest BCUT2D eigenvalue weighted by Crippen LogP contribution is -2.36. The molecular weight excluding hydrogens is 398 g/mol. The van der Waals surface area contributed by atoms with Crippen LogP contribution in [0.25, 0.3) is 0 Å². The molecule has 0 atom stereocenters. The van der Waals surface area contributed by atoms with Crippen molar-refractivity contribution >= 4 is 51.3 Å². The van der Waals surface area contributed by atoms with Gasteiger partial charge >= 0.3 is 0 Å². The summed E-state index contributed by atoms with van der Waals surface area (Å²) in [6.45, 7) is 4.03. The van der Waals surface area contributed by atoms with E-state index in [0.717, 1.165) is 36.3 Å². The van der Waals surface area contributed by atoms with Crippen molar-refractivity contribution in [2.24, 2.45) is 5.10 Å². The summed E-state index contributed by atoms with van der Waals surface area (Å²) in [5.74, 6) is -0.544. The maximum absolute atomic E-state index is 12.6. The monoisotopic (exact) mass is 419 g/mol. The summed E-state index contributed by atoms with van der Waals surface area (Å²) in [6, 6.07) is 5.25. The fourth-order valence-corrected chi connectivity index (χ4v) is 3.68. The Morgan fingerprint density at radius 2 is 2.11 bits per heavy atom. The van der Waals surface area contributed by atoms with E-state index in [9.17, 15) is 9.59 Å². The largest absolute Gasteiger partial charge is 0.295 e. The molecule has 1 aliphatic heterocycles. The number of amides is 2. The van der Waals surface area contributed by atoms with E-state index in [2.05, 4.69) is 27.5 Å². The van der Waals surface area contributed by atoms with Crippen LogP contribution in [-0.4, -0.2) is 27.7 Å². The Labute approximate surface area is 172 Å². The third-order valence-electron chi connectivity index (χ3n) is 4.38. The molecule has 0 aliphatic carbocycles. The predicted molar refractivity (Wildman–Crippen MR) is 112 cm³/mol. The zero-order valence-corrected chi connectivity index (χ0v) is 17.4. The van der Waals surface area contributed by atoms with Gasteiger partial charge < -0.3 is 0 Å². The Morgan fingerprint density at radius 1 is 1.29 bits per heavy atom. The van der Waals surface area contributed by atoms with Crippen LogP contribution in [0, 0.1) is 6.92 Å². The molecule has 0 fully saturated rings. The number of nitrogens with one attached hydrogen (secondary N) is 1. The normalized spacial score (nSPS) is 14.2. The number of halogens is 1. The molecule has 9 heteroatoms. The molecule has 148 valence electrons. The van der Waals surface area contributed by atoms with Crippen LogP contribution in [0.2, 0.25) is 5.02 Å². The molecule has 1 aliphatic rings. The zero-order valence-electron chi connectivity index (χ0n) is 15.9. The average molecular weight is 420 g/mol. The smallest absolute Gasteiger partial charge is 0.273 e. The number of hydrazone groups is 1. The van der Waals surface area contributed by atoms with Crippen molar-refractivity contribution in [1.29, 1.82) is 0 Å². The minimum Gasteiger partial charge on any atom is -0.295 e. The third kappa shape index (κ3) is 4.94. The quantitative estimate of drug-likeness (QED) is 0.675. The Hall–Kier alpha value is -2.32. The van der Waals surface area contributed by atoms with Gasteiger partial charge in [-0.25, -0.2) is 5.01 Å². The Kier molecular flexibility index (Phi) is 6.74. The molecule has 7 nitrogen and oxygen atoms in total. The number of carbonyl (C=O) groups is 2. The van der Waals surface area contributed by atoms with Gasteiger partial charge in [0, 0.05) is 24.3 Å². The lowest BCUT2D eigenvalue weighted by molar-refractivity contribution is -0.118. The van der Waals surface area contributed by atoms with Crippen molar-refractivity contribution < 1.29 is 9.59 Å². The van der Waals surface area contributed by atoms with Crippen LogP contribution in [0.1, 0.15) is 49.6 Å². The van der Waals surface area contributed by atoms with Gasteiger partial charge in [-0.05, 0) is 31.0 Å². The first-order chi connectivity index (χ1) is 13.5. The van der Waals surface area contributed by atoms with Gasteiger partial charge in [0.15, 0.2) is 0 Å². The molecule has 1 aromatic heterocycles. The number of hydrogen-bond acceptors (Lipinski definition) is 6. The standard InChI is InChI=1S/C19H22ClN5O2S/c1-3-4-5-6-16-22-23-19(28-16)21-18(27)15-9-10-17(26)25(24-15)13-8-7-12(2)14(20)11-13/h7-8,11H,3-6,9-10H2,1-2H3,(H,21,23,27). The van der Waals surface area contributed by atoms with Gasteiger partial charge in [-0.1, -0.05) is 48.8 Å². The molecule has 0 spiro atoms. The molecule has 2 heterocycles. The molecule has 2 amide bonds. The molecule has 1 N–H and O–H groups in total. The number of benzene rings is 1. The molecule has 0 bridgehead atoms. The zero-order chi connectivity index (χ0) is 20.1. The summed E-state index contributed by atoms with van der Waals surface area (Å²) in [5, 5.41) is 18.3. The number of aromatic nitrogens is 2. The molecule has 3 rings (SSSR count). The predicted octanol–water partition coefficient (Wildman–Crippen LogP) is 4.35. The van der Waals surface area contributed by atoms with Crippen molar-refractivity contribution in [2.75, 3.05) is 10.3 Å². The molecule has 0 saturated carbocycles. The second-order valence-electron chi connectivity index (χ2n) is 6.60. The highest BCUT2D eigenvalue weighted by atomic mass is 35.5. The maximum Gasteiger partial charge on any atom is 0.273 e. The summed E-state index contributed by atoms with van der Waals surface area (Å²) >= 11 is 7.52. The van der Waals surface area contributed by atoms with E-state index in [0.29, 0.717) is 15.8 Å². The lowest BCUT2D eigenvalue weighted by atomic mass is 10.1. The van der Waals surface area contributed by atoms with Crippen LogP contribution < -0.4 is 10.3 Å². The van der Waals surface area contributed by atoms with Crippen LogP contribution in [-0.2, 0) is 16.0 Å². The minimum atomic E-state index is -0.369. The Bertz CT molecular complexity index is 911. The maximum atomic E-state index is 12.6. The first-order valence-corrected chi connectivity index (χ1v) is 10.5. The number of rotatable bonds is 7. The molecule has 2 aromatic rings. The molecule has 0 radical (unpaired) electrons. The number of nitrogens with zero attached hydrogens (tertiary/aromatic N) is 4. The van der Waals surface area contributed by atoms with E-state index in [-0.39, 0.29) is 30.4 Å². The van der Waals surface area contributed by atoms with E-state index in [1.54, 1.807) is 12.1 Å². The first kappa shape index (κ1) is 20.4. The topological polar surface area (TPSA) is 87.6 Å². The number of hydrogen-bond donors (Lipinski definition) is 1. The Morgan fingerprint density at radius 3 is 2.86 bits per heavy atom. The summed E-state index contributed by atoms with van der Waals surface area (Å²) in [6.07, 6.45) is 4.69. The summed E-state index contributed by atoms with van der Waals surface area (Å²) in [5.41, 5.74) is 1.72. The van der Waals surface area contributed by atoms with Crippen molar-refractivity contribution in [3.8, 4) is 0 Å². The van der Waals surface area contributed by atoms with E-state index in [1.807, 2.05) is 13.0 Å². The summed E-state index contributed by atoms with van der Waals surface area (Å²) in [7, 11) is 0. The van der Waals surface area contributed by atoms with Crippen molar-refractivity contribution in [1.82, 2.24) is 10.2 Å². The fourth-order valence-electron chi connectivity index (χ4n) is 2.73. The van der Waals surface area contributed by atoms with Gasteiger partial charge in [0.1, 0.15) is 10.7 Å². The number of carbonyl (C=O) groups excluding carboxylic acids is 2. The SMILES string of the molecule is CCCCCc1nnc(NC(=O)C2=NN(c3ccc(C)c(Cl)c3)C(=O)CC2)s1. The van der Waals surface area contributed by atoms with Gasteiger partial charge in [-0.3, -0.25) is 14.9 Å². The van der Waals surface area contributed by atoms with Crippen molar-refractivity contribution in [3.63, 3.8) is 0 Å². The van der Waals surface area contributed by atoms with E-state index in [4.69, 9.17) is 11.6 Å².